The number of benzene rings is 2. The maximum absolute atomic E-state index is 11.2. The second kappa shape index (κ2) is 6.89. The third-order valence-electron chi connectivity index (χ3n) is 2.80. The summed E-state index contributed by atoms with van der Waals surface area (Å²) in [7, 11) is 0. The fourth-order valence-electron chi connectivity index (χ4n) is 1.84. The van der Waals surface area contributed by atoms with Gasteiger partial charge in [-0.15, -0.1) is 0 Å². The van der Waals surface area contributed by atoms with Crippen molar-refractivity contribution in [1.82, 2.24) is 0 Å². The van der Waals surface area contributed by atoms with Crippen molar-refractivity contribution in [2.24, 2.45) is 0 Å². The minimum Gasteiger partial charge on any atom is -0.450 e. The van der Waals surface area contributed by atoms with Crippen LogP contribution in [-0.2, 0) is 5.33 Å². The van der Waals surface area contributed by atoms with Crippen molar-refractivity contribution >= 4 is 53.5 Å². The number of nitrogens with zero attached hydrogens (tertiary/aromatic N) is 1. The first-order valence-electron chi connectivity index (χ1n) is 5.89. The average molecular weight is 480 g/mol. The van der Waals surface area contributed by atoms with E-state index in [4.69, 9.17) is 4.74 Å². The number of alkyl halides is 1. The molecule has 0 aliphatic heterocycles. The van der Waals surface area contributed by atoms with E-state index in [-0.39, 0.29) is 11.4 Å². The molecule has 0 unspecified atom stereocenters. The van der Waals surface area contributed by atoms with Crippen LogP contribution in [0.2, 0.25) is 0 Å². The highest BCUT2D eigenvalue weighted by Crippen LogP contribution is 2.39. The van der Waals surface area contributed by atoms with Crippen LogP contribution in [0.3, 0.4) is 0 Å². The van der Waals surface area contributed by atoms with Gasteiger partial charge in [-0.2, -0.15) is 0 Å². The molecule has 21 heavy (non-hydrogen) atoms. The zero-order chi connectivity index (χ0) is 15.6. The SMILES string of the molecule is Cc1cc(Br)cc([N+](=O)[O-])c1Oc1ccc(Br)cc1CBr. The smallest absolute Gasteiger partial charge is 0.312 e. The van der Waals surface area contributed by atoms with Gasteiger partial charge in [0.05, 0.1) is 4.92 Å². The third kappa shape index (κ3) is 3.84. The van der Waals surface area contributed by atoms with E-state index in [1.54, 1.807) is 19.1 Å². The quantitative estimate of drug-likeness (QED) is 0.302. The third-order valence-corrected chi connectivity index (χ3v) is 4.35. The summed E-state index contributed by atoms with van der Waals surface area (Å²) in [5.74, 6) is 0.844. The Morgan fingerprint density at radius 2 is 1.90 bits per heavy atom. The van der Waals surface area contributed by atoms with Gasteiger partial charge in [0.25, 0.3) is 0 Å². The summed E-state index contributed by atoms with van der Waals surface area (Å²) in [5, 5.41) is 11.8. The number of nitro groups is 1. The molecular formula is C14H10Br3NO3. The summed E-state index contributed by atoms with van der Waals surface area (Å²) in [6, 6.07) is 8.75. The van der Waals surface area contributed by atoms with Crippen LogP contribution in [0.5, 0.6) is 11.5 Å². The molecule has 0 aliphatic rings. The van der Waals surface area contributed by atoms with E-state index in [2.05, 4.69) is 47.8 Å². The minimum atomic E-state index is -0.445. The van der Waals surface area contributed by atoms with Gasteiger partial charge in [-0.25, -0.2) is 0 Å². The van der Waals surface area contributed by atoms with E-state index in [1.165, 1.54) is 6.07 Å². The highest BCUT2D eigenvalue weighted by atomic mass is 79.9. The topological polar surface area (TPSA) is 52.4 Å². The summed E-state index contributed by atoms with van der Waals surface area (Å²) >= 11 is 10.0. The molecule has 0 bridgehead atoms. The fourth-order valence-corrected chi connectivity index (χ4v) is 3.25. The number of nitro benzene ring substituents is 1. The van der Waals surface area contributed by atoms with Crippen molar-refractivity contribution in [2.75, 3.05) is 0 Å². The molecule has 0 radical (unpaired) electrons. The number of ether oxygens (including phenoxy) is 1. The summed E-state index contributed by atoms with van der Waals surface area (Å²) in [5.41, 5.74) is 1.53. The monoisotopic (exact) mass is 477 g/mol. The Kier molecular flexibility index (Phi) is 5.40. The van der Waals surface area contributed by atoms with E-state index in [9.17, 15) is 10.1 Å². The molecule has 0 aliphatic carbocycles. The largest absolute Gasteiger partial charge is 0.450 e. The zero-order valence-electron chi connectivity index (χ0n) is 10.9. The Morgan fingerprint density at radius 1 is 1.19 bits per heavy atom. The lowest BCUT2D eigenvalue weighted by Gasteiger charge is -2.12. The van der Waals surface area contributed by atoms with E-state index >= 15 is 0 Å². The van der Waals surface area contributed by atoms with Crippen molar-refractivity contribution in [3.05, 3.63) is 60.5 Å². The molecule has 4 nitrogen and oxygen atoms in total. The van der Waals surface area contributed by atoms with Crippen molar-refractivity contribution in [3.8, 4) is 11.5 Å². The second-order valence-corrected chi connectivity index (χ2v) is 6.71. The van der Waals surface area contributed by atoms with Crippen molar-refractivity contribution < 1.29 is 9.66 Å². The van der Waals surface area contributed by atoms with Crippen LogP contribution in [0.25, 0.3) is 0 Å². The Morgan fingerprint density at radius 3 is 2.52 bits per heavy atom. The Bertz CT molecular complexity index is 704. The molecule has 0 heterocycles. The number of aryl methyl sites for hydroxylation is 1. The molecule has 2 aromatic rings. The van der Waals surface area contributed by atoms with Gasteiger partial charge in [-0.3, -0.25) is 10.1 Å². The molecular weight excluding hydrogens is 470 g/mol. The number of rotatable bonds is 4. The molecule has 110 valence electrons. The van der Waals surface area contributed by atoms with Crippen LogP contribution in [0.1, 0.15) is 11.1 Å². The molecule has 0 amide bonds. The highest BCUT2D eigenvalue weighted by Gasteiger charge is 2.20. The van der Waals surface area contributed by atoms with Crippen LogP contribution in [0, 0.1) is 17.0 Å². The molecule has 0 aromatic heterocycles. The van der Waals surface area contributed by atoms with Gasteiger partial charge >= 0.3 is 5.69 Å². The van der Waals surface area contributed by atoms with Gasteiger partial charge in [0, 0.05) is 25.9 Å². The maximum atomic E-state index is 11.2. The minimum absolute atomic E-state index is 0.0645. The van der Waals surface area contributed by atoms with Crippen LogP contribution >= 0.6 is 47.8 Å². The molecule has 0 saturated carbocycles. The summed E-state index contributed by atoms with van der Waals surface area (Å²) in [4.78, 5) is 10.8. The molecule has 2 rings (SSSR count). The van der Waals surface area contributed by atoms with Crippen molar-refractivity contribution in [1.29, 1.82) is 0 Å². The van der Waals surface area contributed by atoms with Gasteiger partial charge in [-0.05, 0) is 36.8 Å². The van der Waals surface area contributed by atoms with Crippen LogP contribution in [0.4, 0.5) is 5.69 Å². The number of halogens is 3. The first-order chi connectivity index (χ1) is 9.92. The molecule has 0 spiro atoms. The fraction of sp³-hybridized carbons (Fsp3) is 0.143. The lowest BCUT2D eigenvalue weighted by Crippen LogP contribution is -1.97. The van der Waals surface area contributed by atoms with Crippen molar-refractivity contribution in [3.63, 3.8) is 0 Å². The second-order valence-electron chi connectivity index (χ2n) is 4.32. The van der Waals surface area contributed by atoms with Crippen LogP contribution < -0.4 is 4.74 Å². The van der Waals surface area contributed by atoms with Gasteiger partial charge in [0.2, 0.25) is 5.75 Å². The van der Waals surface area contributed by atoms with Gasteiger partial charge in [-0.1, -0.05) is 47.8 Å². The van der Waals surface area contributed by atoms with Gasteiger partial charge < -0.3 is 4.74 Å². The van der Waals surface area contributed by atoms with Crippen molar-refractivity contribution in [2.45, 2.75) is 12.3 Å². The highest BCUT2D eigenvalue weighted by molar-refractivity contribution is 9.10. The lowest BCUT2D eigenvalue weighted by atomic mass is 10.2. The predicted molar refractivity (Wildman–Crippen MR) is 92.4 cm³/mol. The van der Waals surface area contributed by atoms with E-state index in [0.717, 1.165) is 10.0 Å². The van der Waals surface area contributed by atoms with Gasteiger partial charge in [0.1, 0.15) is 5.75 Å². The molecule has 0 N–H and O–H groups in total. The first kappa shape index (κ1) is 16.5. The summed E-state index contributed by atoms with van der Waals surface area (Å²) in [6.07, 6.45) is 0. The molecule has 0 atom stereocenters. The van der Waals surface area contributed by atoms with E-state index in [0.29, 0.717) is 21.1 Å². The molecule has 0 fully saturated rings. The zero-order valence-corrected chi connectivity index (χ0v) is 15.7. The molecule has 0 saturated heterocycles. The van der Waals surface area contributed by atoms with E-state index in [1.807, 2.05) is 12.1 Å². The first-order valence-corrected chi connectivity index (χ1v) is 8.60. The summed E-state index contributed by atoms with van der Waals surface area (Å²) in [6.45, 7) is 1.78. The standard InChI is InChI=1S/C14H10Br3NO3/c1-8-4-11(17)6-12(18(19)20)14(8)21-13-3-2-10(16)5-9(13)7-15/h2-6H,7H2,1H3. The molecule has 2 aromatic carbocycles. The number of hydrogen-bond acceptors (Lipinski definition) is 3. The van der Waals surface area contributed by atoms with Gasteiger partial charge in [0.15, 0.2) is 0 Å². The number of hydrogen-bond donors (Lipinski definition) is 0. The normalized spacial score (nSPS) is 10.5. The van der Waals surface area contributed by atoms with Crippen LogP contribution in [0.15, 0.2) is 39.3 Å². The van der Waals surface area contributed by atoms with E-state index < -0.39 is 4.92 Å². The average Bonchev–Trinajstić information content (AvgIpc) is 2.42. The summed E-state index contributed by atoms with van der Waals surface area (Å²) < 4.78 is 7.39. The Labute approximate surface area is 147 Å². The Hall–Kier alpha value is -0.920. The lowest BCUT2D eigenvalue weighted by molar-refractivity contribution is -0.385. The molecule has 7 heteroatoms. The Balaban J connectivity index is 2.51. The maximum Gasteiger partial charge on any atom is 0.312 e. The van der Waals surface area contributed by atoms with Crippen LogP contribution in [-0.4, -0.2) is 4.92 Å². The predicted octanol–water partition coefficient (Wildman–Crippen LogP) is 6.12.